The molecule has 0 spiro atoms. The Balaban J connectivity index is 1.54. The molecule has 1 aromatic heterocycles. The Hall–Kier alpha value is -4.02. The summed E-state index contributed by atoms with van der Waals surface area (Å²) in [7, 11) is 0. The highest BCUT2D eigenvalue weighted by molar-refractivity contribution is 6.08. The molecule has 4 aromatic rings. The fraction of sp³-hybridized carbons (Fsp3) is 0.259. The van der Waals surface area contributed by atoms with Crippen molar-refractivity contribution in [2.45, 2.75) is 45.1 Å². The monoisotopic (exact) mass is 535 g/mol. The molecule has 0 saturated heterocycles. The molecule has 0 atom stereocenters. The van der Waals surface area contributed by atoms with Crippen molar-refractivity contribution in [3.8, 4) is 5.75 Å². The second kappa shape index (κ2) is 9.70. The van der Waals surface area contributed by atoms with Crippen LogP contribution in [-0.4, -0.2) is 16.1 Å². The summed E-state index contributed by atoms with van der Waals surface area (Å²) in [5, 5.41) is 9.97. The van der Waals surface area contributed by atoms with E-state index in [0.29, 0.717) is 22.5 Å². The number of ether oxygens (including phenoxy) is 1. The number of carbonyl (C=O) groups excluding carboxylic acids is 1. The number of hydrogen-bond acceptors (Lipinski definition) is 3. The van der Waals surface area contributed by atoms with Crippen molar-refractivity contribution in [2.24, 2.45) is 0 Å². The van der Waals surface area contributed by atoms with Crippen molar-refractivity contribution < 1.29 is 35.9 Å². The summed E-state index contributed by atoms with van der Waals surface area (Å²) in [5.74, 6) is -0.0948. The van der Waals surface area contributed by atoms with E-state index in [9.17, 15) is 31.1 Å². The zero-order valence-electron chi connectivity index (χ0n) is 20.5. The van der Waals surface area contributed by atoms with Crippen molar-refractivity contribution >= 4 is 22.6 Å². The molecule has 0 aliphatic carbocycles. The van der Waals surface area contributed by atoms with E-state index in [-0.39, 0.29) is 23.0 Å². The van der Waals surface area contributed by atoms with Gasteiger partial charge in [0.2, 0.25) is 0 Å². The molecule has 4 rings (SSSR count). The minimum absolute atomic E-state index is 0.0691. The molecule has 0 radical (unpaired) electrons. The molecule has 38 heavy (non-hydrogen) atoms. The van der Waals surface area contributed by atoms with Crippen LogP contribution in [0.15, 0.2) is 60.7 Å². The number of fused-ring (bicyclic) bond motifs is 1. The first kappa shape index (κ1) is 27.0. The van der Waals surface area contributed by atoms with Crippen LogP contribution in [0.5, 0.6) is 5.75 Å². The van der Waals surface area contributed by atoms with E-state index in [1.165, 1.54) is 12.1 Å². The van der Waals surface area contributed by atoms with Crippen molar-refractivity contribution in [3.05, 3.63) is 88.5 Å². The van der Waals surface area contributed by atoms with Crippen molar-refractivity contribution in [1.82, 2.24) is 10.2 Å². The number of H-pyrrole nitrogens is 1. The first-order chi connectivity index (χ1) is 17.6. The van der Waals surface area contributed by atoms with Crippen LogP contribution in [-0.2, 0) is 24.4 Å². The number of benzene rings is 3. The van der Waals surface area contributed by atoms with E-state index in [1.54, 1.807) is 18.2 Å². The number of halogens is 6. The predicted octanol–water partition coefficient (Wildman–Crippen LogP) is 7.73. The van der Waals surface area contributed by atoms with Crippen LogP contribution in [0, 0.1) is 0 Å². The van der Waals surface area contributed by atoms with Crippen molar-refractivity contribution in [1.29, 1.82) is 0 Å². The van der Waals surface area contributed by atoms with Crippen LogP contribution in [0.25, 0.3) is 10.9 Å². The molecule has 3 aromatic carbocycles. The van der Waals surface area contributed by atoms with Crippen molar-refractivity contribution in [3.63, 3.8) is 0 Å². The molecule has 0 aliphatic heterocycles. The number of aromatic amines is 1. The third-order valence-electron chi connectivity index (χ3n) is 5.92. The average molecular weight is 535 g/mol. The Bertz CT molecular complexity index is 1470. The molecule has 0 saturated carbocycles. The Morgan fingerprint density at radius 3 is 2.13 bits per heavy atom. The lowest BCUT2D eigenvalue weighted by Crippen LogP contribution is -2.15. The van der Waals surface area contributed by atoms with Crippen LogP contribution in [0.4, 0.5) is 32.2 Å². The van der Waals surface area contributed by atoms with Gasteiger partial charge in [0.05, 0.1) is 16.6 Å². The summed E-state index contributed by atoms with van der Waals surface area (Å²) in [5.41, 5.74) is -1.37. The van der Waals surface area contributed by atoms with Crippen LogP contribution in [0.3, 0.4) is 0 Å². The Morgan fingerprint density at radius 1 is 0.868 bits per heavy atom. The van der Waals surface area contributed by atoms with Gasteiger partial charge >= 0.3 is 12.4 Å². The van der Waals surface area contributed by atoms with Crippen LogP contribution >= 0.6 is 0 Å². The lowest BCUT2D eigenvalue weighted by atomic mass is 9.87. The Morgan fingerprint density at radius 2 is 1.53 bits per heavy atom. The number of amides is 1. The van der Waals surface area contributed by atoms with Gasteiger partial charge in [-0.3, -0.25) is 9.89 Å². The van der Waals surface area contributed by atoms with Gasteiger partial charge < -0.3 is 10.1 Å². The zero-order chi connectivity index (χ0) is 27.9. The summed E-state index contributed by atoms with van der Waals surface area (Å²) in [6.45, 7) is 5.54. The number of hydrogen-bond donors (Lipinski definition) is 2. The number of rotatable bonds is 5. The van der Waals surface area contributed by atoms with E-state index in [1.807, 2.05) is 12.1 Å². The number of carbonyl (C=O) groups is 1. The highest BCUT2D eigenvalue weighted by Gasteiger charge is 2.38. The third kappa shape index (κ3) is 5.92. The average Bonchev–Trinajstić information content (AvgIpc) is 3.23. The highest BCUT2D eigenvalue weighted by atomic mass is 19.4. The van der Waals surface area contributed by atoms with Gasteiger partial charge in [-0.05, 0) is 53.4 Å². The number of nitrogens with one attached hydrogen (secondary N) is 2. The molecular formula is C27H23F6N3O2. The minimum atomic E-state index is -5.00. The summed E-state index contributed by atoms with van der Waals surface area (Å²) >= 11 is 0. The van der Waals surface area contributed by atoms with E-state index in [0.717, 1.165) is 11.6 Å². The SMILES string of the molecule is CC(C)(C)c1ccc(C(=O)Nc2n[nH]c3ccc(OCc4ccc(C(F)(F)F)cc4C(F)(F)F)cc23)cc1. The van der Waals surface area contributed by atoms with E-state index < -0.39 is 41.6 Å². The second-order valence-corrected chi connectivity index (χ2v) is 9.72. The molecule has 1 heterocycles. The third-order valence-corrected chi connectivity index (χ3v) is 5.92. The molecule has 5 nitrogen and oxygen atoms in total. The van der Waals surface area contributed by atoms with E-state index in [2.05, 4.69) is 36.3 Å². The first-order valence-corrected chi connectivity index (χ1v) is 11.4. The standard InChI is InChI=1S/C27H23F6N3O2/c1-25(2,3)17-7-4-15(5-8-17)24(37)34-23-20-13-19(10-11-22(20)35-36-23)38-14-16-6-9-18(26(28,29)30)12-21(16)27(31,32)33/h4-13H,14H2,1-3H3,(H2,34,35,36,37). The lowest BCUT2D eigenvalue weighted by molar-refractivity contribution is -0.143. The van der Waals surface area contributed by atoms with Gasteiger partial charge in [-0.1, -0.05) is 39.0 Å². The van der Waals surface area contributed by atoms with Gasteiger partial charge in [0.15, 0.2) is 5.82 Å². The summed E-state index contributed by atoms with van der Waals surface area (Å²) in [4.78, 5) is 12.8. The van der Waals surface area contributed by atoms with E-state index >= 15 is 0 Å². The van der Waals surface area contributed by atoms with Gasteiger partial charge in [0.25, 0.3) is 5.91 Å². The summed E-state index contributed by atoms with van der Waals surface area (Å²) in [6, 6.07) is 13.0. The second-order valence-electron chi connectivity index (χ2n) is 9.72. The summed E-state index contributed by atoms with van der Waals surface area (Å²) < 4.78 is 84.5. The predicted molar refractivity (Wildman–Crippen MR) is 130 cm³/mol. The number of alkyl halides is 6. The van der Waals surface area contributed by atoms with Crippen LogP contribution in [0.2, 0.25) is 0 Å². The smallest absolute Gasteiger partial charge is 0.416 e. The quantitative estimate of drug-likeness (QED) is 0.257. The molecule has 0 fully saturated rings. The molecule has 0 aliphatic rings. The topological polar surface area (TPSA) is 67.0 Å². The van der Waals surface area contributed by atoms with Gasteiger partial charge in [0, 0.05) is 16.5 Å². The van der Waals surface area contributed by atoms with Gasteiger partial charge in [-0.25, -0.2) is 0 Å². The van der Waals surface area contributed by atoms with Gasteiger partial charge in [0.1, 0.15) is 12.4 Å². The molecule has 200 valence electrons. The number of nitrogens with zero attached hydrogens (tertiary/aromatic N) is 1. The van der Waals surface area contributed by atoms with Crippen LogP contribution < -0.4 is 10.1 Å². The maximum absolute atomic E-state index is 13.4. The lowest BCUT2D eigenvalue weighted by Gasteiger charge is -2.19. The molecule has 2 N–H and O–H groups in total. The fourth-order valence-electron chi connectivity index (χ4n) is 3.78. The maximum atomic E-state index is 13.4. The Labute approximate surface area is 213 Å². The van der Waals surface area contributed by atoms with Gasteiger partial charge in [-0.15, -0.1) is 0 Å². The van der Waals surface area contributed by atoms with E-state index in [4.69, 9.17) is 4.74 Å². The fourth-order valence-corrected chi connectivity index (χ4v) is 3.78. The molecular weight excluding hydrogens is 512 g/mol. The Kier molecular flexibility index (Phi) is 6.90. The van der Waals surface area contributed by atoms with Gasteiger partial charge in [-0.2, -0.15) is 31.4 Å². The molecule has 11 heteroatoms. The molecule has 0 unspecified atom stereocenters. The normalized spacial score (nSPS) is 12.6. The number of anilines is 1. The largest absolute Gasteiger partial charge is 0.489 e. The summed E-state index contributed by atoms with van der Waals surface area (Å²) in [6.07, 6.45) is -9.92. The maximum Gasteiger partial charge on any atom is 0.416 e. The highest BCUT2D eigenvalue weighted by Crippen LogP contribution is 2.38. The molecule has 1 amide bonds. The number of aromatic nitrogens is 2. The first-order valence-electron chi connectivity index (χ1n) is 11.4. The zero-order valence-corrected chi connectivity index (χ0v) is 20.5. The minimum Gasteiger partial charge on any atom is -0.489 e. The van der Waals surface area contributed by atoms with Crippen LogP contribution in [0.1, 0.15) is 53.4 Å². The van der Waals surface area contributed by atoms with Crippen molar-refractivity contribution in [2.75, 3.05) is 5.32 Å². The molecule has 0 bridgehead atoms.